The van der Waals surface area contributed by atoms with Crippen LogP contribution < -0.4 is 11.3 Å². The van der Waals surface area contributed by atoms with Crippen LogP contribution in [0.1, 0.15) is 44.6 Å². The number of halogens is 2. The van der Waals surface area contributed by atoms with Crippen LogP contribution in [0.25, 0.3) is 0 Å². The first-order valence-electron chi connectivity index (χ1n) is 7.54. The van der Waals surface area contributed by atoms with Crippen LogP contribution in [0.5, 0.6) is 0 Å². The Morgan fingerprint density at radius 2 is 2.05 bits per heavy atom. The van der Waals surface area contributed by atoms with Crippen molar-refractivity contribution in [2.45, 2.75) is 51.5 Å². The van der Waals surface area contributed by atoms with E-state index in [0.717, 1.165) is 5.92 Å². The molecule has 2 nitrogen and oxygen atoms in total. The zero-order valence-electron chi connectivity index (χ0n) is 12.0. The van der Waals surface area contributed by atoms with E-state index in [2.05, 4.69) is 12.3 Å². The standard InChI is InChI=1S/C16H24ClFN2/c1-2-11-3-5-12(6-4-11)16(20-19)9-13-7-8-14(17)10-15(13)18/h7-8,10-12,16,20H,2-6,9,19H2,1H3. The normalized spacial score (nSPS) is 24.6. The maximum absolute atomic E-state index is 13.9. The Kier molecular flexibility index (Phi) is 5.82. The molecule has 112 valence electrons. The fraction of sp³-hybridized carbons (Fsp3) is 0.625. The minimum Gasteiger partial charge on any atom is -0.271 e. The van der Waals surface area contributed by atoms with Crippen molar-refractivity contribution in [3.8, 4) is 0 Å². The van der Waals surface area contributed by atoms with Gasteiger partial charge in [0.1, 0.15) is 5.82 Å². The van der Waals surface area contributed by atoms with Gasteiger partial charge in [0.25, 0.3) is 0 Å². The quantitative estimate of drug-likeness (QED) is 0.635. The molecule has 1 saturated carbocycles. The molecule has 0 spiro atoms. The molecule has 4 heteroatoms. The predicted octanol–water partition coefficient (Wildman–Crippen LogP) is 4.07. The van der Waals surface area contributed by atoms with Crippen LogP contribution in [0, 0.1) is 17.7 Å². The van der Waals surface area contributed by atoms with Crippen molar-refractivity contribution in [3.05, 3.63) is 34.6 Å². The lowest BCUT2D eigenvalue weighted by Gasteiger charge is -2.33. The average molecular weight is 299 g/mol. The van der Waals surface area contributed by atoms with E-state index in [1.54, 1.807) is 12.1 Å². The summed E-state index contributed by atoms with van der Waals surface area (Å²) in [5, 5.41) is 0.437. The van der Waals surface area contributed by atoms with E-state index in [-0.39, 0.29) is 11.9 Å². The number of hydrazine groups is 1. The highest BCUT2D eigenvalue weighted by Crippen LogP contribution is 2.33. The van der Waals surface area contributed by atoms with Crippen LogP contribution in [0.3, 0.4) is 0 Å². The first-order valence-corrected chi connectivity index (χ1v) is 7.91. The number of nitrogens with one attached hydrogen (secondary N) is 1. The Hall–Kier alpha value is -0.640. The van der Waals surface area contributed by atoms with Gasteiger partial charge in [-0.15, -0.1) is 0 Å². The van der Waals surface area contributed by atoms with Gasteiger partial charge in [-0.05, 0) is 48.8 Å². The minimum absolute atomic E-state index is 0.142. The Morgan fingerprint density at radius 3 is 2.60 bits per heavy atom. The monoisotopic (exact) mass is 298 g/mol. The van der Waals surface area contributed by atoms with Gasteiger partial charge in [0.15, 0.2) is 0 Å². The van der Waals surface area contributed by atoms with E-state index in [1.165, 1.54) is 38.2 Å². The second-order valence-electron chi connectivity index (χ2n) is 5.90. The van der Waals surface area contributed by atoms with Crippen molar-refractivity contribution < 1.29 is 4.39 Å². The molecule has 1 aliphatic carbocycles. The first-order chi connectivity index (χ1) is 9.63. The molecule has 0 aromatic heterocycles. The van der Waals surface area contributed by atoms with Crippen LogP contribution in [0.4, 0.5) is 4.39 Å². The van der Waals surface area contributed by atoms with E-state index in [4.69, 9.17) is 17.4 Å². The number of benzene rings is 1. The van der Waals surface area contributed by atoms with Crippen LogP contribution >= 0.6 is 11.6 Å². The highest BCUT2D eigenvalue weighted by atomic mass is 35.5. The summed E-state index contributed by atoms with van der Waals surface area (Å²) < 4.78 is 13.9. The van der Waals surface area contributed by atoms with Gasteiger partial charge < -0.3 is 0 Å². The van der Waals surface area contributed by atoms with Gasteiger partial charge in [-0.1, -0.05) is 43.9 Å². The van der Waals surface area contributed by atoms with Crippen molar-refractivity contribution in [3.63, 3.8) is 0 Å². The minimum atomic E-state index is -0.236. The van der Waals surface area contributed by atoms with Crippen LogP contribution in [0.15, 0.2) is 18.2 Å². The molecule has 2 rings (SSSR count). The molecule has 0 amide bonds. The predicted molar refractivity (Wildman–Crippen MR) is 82.0 cm³/mol. The van der Waals surface area contributed by atoms with Crippen LogP contribution in [-0.2, 0) is 6.42 Å². The zero-order chi connectivity index (χ0) is 14.5. The molecule has 0 radical (unpaired) electrons. The summed E-state index contributed by atoms with van der Waals surface area (Å²) in [5.74, 6) is 6.86. The molecule has 1 unspecified atom stereocenters. The lowest BCUT2D eigenvalue weighted by Crippen LogP contribution is -2.43. The second kappa shape index (κ2) is 7.39. The number of hydrogen-bond donors (Lipinski definition) is 2. The van der Waals surface area contributed by atoms with E-state index < -0.39 is 0 Å². The van der Waals surface area contributed by atoms with Crippen molar-refractivity contribution in [1.29, 1.82) is 0 Å². The Morgan fingerprint density at radius 1 is 1.35 bits per heavy atom. The van der Waals surface area contributed by atoms with Crippen molar-refractivity contribution in [1.82, 2.24) is 5.43 Å². The smallest absolute Gasteiger partial charge is 0.127 e. The van der Waals surface area contributed by atoms with Crippen LogP contribution in [-0.4, -0.2) is 6.04 Å². The zero-order valence-corrected chi connectivity index (χ0v) is 12.8. The third-order valence-corrected chi connectivity index (χ3v) is 4.94. The second-order valence-corrected chi connectivity index (χ2v) is 6.34. The summed E-state index contributed by atoms with van der Waals surface area (Å²) in [6.07, 6.45) is 6.79. The molecule has 1 aromatic carbocycles. The third-order valence-electron chi connectivity index (χ3n) is 4.71. The van der Waals surface area contributed by atoms with E-state index in [9.17, 15) is 4.39 Å². The maximum Gasteiger partial charge on any atom is 0.127 e. The van der Waals surface area contributed by atoms with Crippen LogP contribution in [0.2, 0.25) is 5.02 Å². The summed E-state index contributed by atoms with van der Waals surface area (Å²) in [7, 11) is 0. The average Bonchev–Trinajstić information content (AvgIpc) is 2.47. The molecule has 0 saturated heterocycles. The molecule has 20 heavy (non-hydrogen) atoms. The molecule has 0 aliphatic heterocycles. The molecule has 1 aromatic rings. The van der Waals surface area contributed by atoms with Crippen molar-refractivity contribution in [2.75, 3.05) is 0 Å². The van der Waals surface area contributed by atoms with E-state index >= 15 is 0 Å². The molecular weight excluding hydrogens is 275 g/mol. The highest BCUT2D eigenvalue weighted by Gasteiger charge is 2.27. The lowest BCUT2D eigenvalue weighted by molar-refractivity contribution is 0.216. The Balaban J connectivity index is 1.98. The van der Waals surface area contributed by atoms with Gasteiger partial charge in [0.2, 0.25) is 0 Å². The van der Waals surface area contributed by atoms with Gasteiger partial charge in [-0.2, -0.15) is 0 Å². The molecule has 0 bridgehead atoms. The first kappa shape index (κ1) is 15.7. The van der Waals surface area contributed by atoms with Gasteiger partial charge >= 0.3 is 0 Å². The molecule has 1 aliphatic rings. The molecule has 0 heterocycles. The summed E-state index contributed by atoms with van der Waals surface area (Å²) in [4.78, 5) is 0. The van der Waals surface area contributed by atoms with Gasteiger partial charge in [-0.25, -0.2) is 4.39 Å². The van der Waals surface area contributed by atoms with Gasteiger partial charge in [0, 0.05) is 11.1 Å². The third kappa shape index (κ3) is 3.94. The summed E-state index contributed by atoms with van der Waals surface area (Å²) >= 11 is 5.79. The fourth-order valence-corrected chi connectivity index (χ4v) is 3.44. The molecule has 3 N–H and O–H groups in total. The Bertz CT molecular complexity index is 430. The number of rotatable bonds is 5. The van der Waals surface area contributed by atoms with Crippen molar-refractivity contribution in [2.24, 2.45) is 17.7 Å². The maximum atomic E-state index is 13.9. The molecule has 1 atom stereocenters. The number of nitrogens with two attached hydrogens (primary N) is 1. The molecular formula is C16H24ClFN2. The SMILES string of the molecule is CCC1CCC(C(Cc2ccc(Cl)cc2F)NN)CC1. The molecule has 1 fully saturated rings. The lowest BCUT2D eigenvalue weighted by atomic mass is 9.76. The van der Waals surface area contributed by atoms with Crippen molar-refractivity contribution >= 4 is 11.6 Å². The largest absolute Gasteiger partial charge is 0.271 e. The number of hydrogen-bond acceptors (Lipinski definition) is 2. The van der Waals surface area contributed by atoms with Gasteiger partial charge in [-0.3, -0.25) is 11.3 Å². The summed E-state index contributed by atoms with van der Waals surface area (Å²) in [5.41, 5.74) is 3.59. The summed E-state index contributed by atoms with van der Waals surface area (Å²) in [6, 6.07) is 5.02. The van der Waals surface area contributed by atoms with E-state index in [1.807, 2.05) is 0 Å². The highest BCUT2D eigenvalue weighted by molar-refractivity contribution is 6.30. The topological polar surface area (TPSA) is 38.0 Å². The summed E-state index contributed by atoms with van der Waals surface area (Å²) in [6.45, 7) is 2.26. The Labute approximate surface area is 125 Å². The van der Waals surface area contributed by atoms with E-state index in [0.29, 0.717) is 22.9 Å². The van der Waals surface area contributed by atoms with Gasteiger partial charge in [0.05, 0.1) is 0 Å². The fourth-order valence-electron chi connectivity index (χ4n) is 3.28.